The predicted octanol–water partition coefficient (Wildman–Crippen LogP) is 2.70. The third-order valence-corrected chi connectivity index (χ3v) is 3.85. The third-order valence-electron chi connectivity index (χ3n) is 2.45. The fraction of sp³-hybridized carbons (Fsp3) is 0.545. The van der Waals surface area contributed by atoms with E-state index in [-0.39, 0.29) is 0 Å². The second-order valence-electron chi connectivity index (χ2n) is 3.70. The zero-order valence-corrected chi connectivity index (χ0v) is 9.31. The number of aryl methyl sites for hydroxylation is 1. The maximum atomic E-state index is 4.17. The number of pyridine rings is 1. The van der Waals surface area contributed by atoms with Crippen LogP contribution in [-0.2, 0) is 0 Å². The van der Waals surface area contributed by atoms with Gasteiger partial charge >= 0.3 is 0 Å². The molecule has 0 bridgehead atoms. The molecule has 2 nitrogen and oxygen atoms in total. The van der Waals surface area contributed by atoms with Crippen LogP contribution in [0.15, 0.2) is 18.3 Å². The van der Waals surface area contributed by atoms with Gasteiger partial charge in [-0.1, -0.05) is 0 Å². The van der Waals surface area contributed by atoms with Gasteiger partial charge < -0.3 is 5.32 Å². The molecule has 76 valence electrons. The fourth-order valence-corrected chi connectivity index (χ4v) is 2.89. The number of nitrogens with one attached hydrogen (secondary N) is 1. The van der Waals surface area contributed by atoms with Crippen LogP contribution in [0.2, 0.25) is 0 Å². The van der Waals surface area contributed by atoms with Crippen LogP contribution in [0.25, 0.3) is 0 Å². The molecule has 0 amide bonds. The van der Waals surface area contributed by atoms with Crippen molar-refractivity contribution in [2.45, 2.75) is 25.0 Å². The van der Waals surface area contributed by atoms with E-state index in [1.54, 1.807) is 0 Å². The van der Waals surface area contributed by atoms with Gasteiger partial charge in [0.15, 0.2) is 0 Å². The first-order chi connectivity index (χ1) is 6.84. The number of rotatable bonds is 3. The molecule has 0 aromatic carbocycles. The van der Waals surface area contributed by atoms with Crippen molar-refractivity contribution in [1.29, 1.82) is 0 Å². The summed E-state index contributed by atoms with van der Waals surface area (Å²) < 4.78 is 0. The molecule has 3 heteroatoms. The van der Waals surface area contributed by atoms with Gasteiger partial charge in [-0.25, -0.2) is 0 Å². The maximum Gasteiger partial charge on any atom is 0.0393 e. The Bertz CT molecular complexity index is 295. The Morgan fingerprint density at radius 3 is 3.29 bits per heavy atom. The lowest BCUT2D eigenvalue weighted by molar-refractivity contribution is 0.805. The Kier molecular flexibility index (Phi) is 3.30. The van der Waals surface area contributed by atoms with Gasteiger partial charge in [-0.2, -0.15) is 11.8 Å². The Labute approximate surface area is 89.5 Å². The standard InChI is InChI=1S/C11H16N2S/c1-9-7-10(4-5-12-9)13-8-11-3-2-6-14-11/h4-5,7,11H,2-3,6,8H2,1H3,(H,12,13). The minimum atomic E-state index is 0.809. The van der Waals surface area contributed by atoms with E-state index in [1.165, 1.54) is 24.3 Å². The van der Waals surface area contributed by atoms with Gasteiger partial charge in [-0.15, -0.1) is 0 Å². The molecule has 0 aliphatic carbocycles. The monoisotopic (exact) mass is 208 g/mol. The molecule has 0 saturated carbocycles. The van der Waals surface area contributed by atoms with E-state index in [9.17, 15) is 0 Å². The van der Waals surface area contributed by atoms with Gasteiger partial charge in [0, 0.05) is 29.4 Å². The lowest BCUT2D eigenvalue weighted by Crippen LogP contribution is -2.13. The SMILES string of the molecule is Cc1cc(NCC2CCCS2)ccn1. The number of aromatic nitrogens is 1. The molecule has 0 radical (unpaired) electrons. The van der Waals surface area contributed by atoms with Crippen molar-refractivity contribution in [2.75, 3.05) is 17.6 Å². The van der Waals surface area contributed by atoms with Crippen LogP contribution in [0.4, 0.5) is 5.69 Å². The highest BCUT2D eigenvalue weighted by molar-refractivity contribution is 8.00. The third kappa shape index (κ3) is 2.64. The fourth-order valence-electron chi connectivity index (χ4n) is 1.69. The van der Waals surface area contributed by atoms with Crippen molar-refractivity contribution >= 4 is 17.4 Å². The smallest absolute Gasteiger partial charge is 0.0393 e. The van der Waals surface area contributed by atoms with Crippen LogP contribution in [0, 0.1) is 6.92 Å². The first-order valence-corrected chi connectivity index (χ1v) is 6.17. The summed E-state index contributed by atoms with van der Waals surface area (Å²) in [5.41, 5.74) is 2.28. The Morgan fingerprint density at radius 1 is 1.64 bits per heavy atom. The number of thioether (sulfide) groups is 1. The molecule has 1 aliphatic rings. The predicted molar refractivity (Wildman–Crippen MR) is 62.9 cm³/mol. The van der Waals surface area contributed by atoms with Crippen LogP contribution in [-0.4, -0.2) is 22.5 Å². The Hall–Kier alpha value is -0.700. The molecular formula is C11H16N2S. The zero-order chi connectivity index (χ0) is 9.80. The van der Waals surface area contributed by atoms with E-state index in [1.807, 2.05) is 19.2 Å². The van der Waals surface area contributed by atoms with Gasteiger partial charge in [0.05, 0.1) is 0 Å². The second-order valence-corrected chi connectivity index (χ2v) is 5.11. The lowest BCUT2D eigenvalue weighted by Gasteiger charge is -2.11. The molecular weight excluding hydrogens is 192 g/mol. The largest absolute Gasteiger partial charge is 0.384 e. The van der Waals surface area contributed by atoms with Crippen LogP contribution >= 0.6 is 11.8 Å². The van der Waals surface area contributed by atoms with Crippen molar-refractivity contribution in [3.63, 3.8) is 0 Å². The average molecular weight is 208 g/mol. The molecule has 1 saturated heterocycles. The minimum absolute atomic E-state index is 0.809. The van der Waals surface area contributed by atoms with Gasteiger partial charge in [-0.05, 0) is 37.7 Å². The topological polar surface area (TPSA) is 24.9 Å². The van der Waals surface area contributed by atoms with Gasteiger partial charge in [-0.3, -0.25) is 4.98 Å². The second kappa shape index (κ2) is 4.69. The number of anilines is 1. The first-order valence-electron chi connectivity index (χ1n) is 5.13. The highest BCUT2D eigenvalue weighted by Gasteiger charge is 2.14. The van der Waals surface area contributed by atoms with Crippen molar-refractivity contribution in [3.8, 4) is 0 Å². The number of nitrogens with zero attached hydrogens (tertiary/aromatic N) is 1. The maximum absolute atomic E-state index is 4.17. The summed E-state index contributed by atoms with van der Waals surface area (Å²) in [6, 6.07) is 4.13. The van der Waals surface area contributed by atoms with Gasteiger partial charge in [0.2, 0.25) is 0 Å². The van der Waals surface area contributed by atoms with E-state index in [0.29, 0.717) is 0 Å². The van der Waals surface area contributed by atoms with Crippen molar-refractivity contribution in [3.05, 3.63) is 24.0 Å². The molecule has 1 aliphatic heterocycles. The van der Waals surface area contributed by atoms with Crippen LogP contribution in [0.3, 0.4) is 0 Å². The summed E-state index contributed by atoms with van der Waals surface area (Å²) >= 11 is 2.09. The molecule has 1 atom stereocenters. The molecule has 1 fully saturated rings. The van der Waals surface area contributed by atoms with E-state index in [4.69, 9.17) is 0 Å². The average Bonchev–Trinajstić information content (AvgIpc) is 2.67. The van der Waals surface area contributed by atoms with E-state index in [2.05, 4.69) is 28.1 Å². The lowest BCUT2D eigenvalue weighted by atomic mass is 10.2. The summed E-state index contributed by atoms with van der Waals surface area (Å²) in [6.07, 6.45) is 4.60. The minimum Gasteiger partial charge on any atom is -0.384 e. The Balaban J connectivity index is 1.85. The Morgan fingerprint density at radius 2 is 2.57 bits per heavy atom. The van der Waals surface area contributed by atoms with Crippen LogP contribution < -0.4 is 5.32 Å². The normalized spacial score (nSPS) is 21.1. The van der Waals surface area contributed by atoms with Crippen molar-refractivity contribution in [1.82, 2.24) is 4.98 Å². The van der Waals surface area contributed by atoms with E-state index in [0.717, 1.165) is 17.5 Å². The van der Waals surface area contributed by atoms with Crippen molar-refractivity contribution in [2.24, 2.45) is 0 Å². The van der Waals surface area contributed by atoms with Crippen LogP contribution in [0.1, 0.15) is 18.5 Å². The molecule has 2 heterocycles. The van der Waals surface area contributed by atoms with E-state index < -0.39 is 0 Å². The summed E-state index contributed by atoms with van der Waals surface area (Å²) in [5, 5.41) is 4.28. The van der Waals surface area contributed by atoms with Crippen LogP contribution in [0.5, 0.6) is 0 Å². The van der Waals surface area contributed by atoms with E-state index >= 15 is 0 Å². The molecule has 2 rings (SSSR count). The summed E-state index contributed by atoms with van der Waals surface area (Å²) in [6.45, 7) is 3.11. The van der Waals surface area contributed by atoms with Crippen molar-refractivity contribution < 1.29 is 0 Å². The highest BCUT2D eigenvalue weighted by Crippen LogP contribution is 2.26. The summed E-state index contributed by atoms with van der Waals surface area (Å²) in [7, 11) is 0. The molecule has 1 aromatic rings. The molecule has 1 unspecified atom stereocenters. The summed E-state index contributed by atoms with van der Waals surface area (Å²) in [5.74, 6) is 1.34. The zero-order valence-electron chi connectivity index (χ0n) is 8.49. The molecule has 1 aromatic heterocycles. The molecule has 1 N–H and O–H groups in total. The van der Waals surface area contributed by atoms with Gasteiger partial charge in [0.1, 0.15) is 0 Å². The quantitative estimate of drug-likeness (QED) is 0.826. The number of hydrogen-bond donors (Lipinski definition) is 1. The van der Waals surface area contributed by atoms with Gasteiger partial charge in [0.25, 0.3) is 0 Å². The summed E-state index contributed by atoms with van der Waals surface area (Å²) in [4.78, 5) is 4.17. The highest BCUT2D eigenvalue weighted by atomic mass is 32.2. The number of hydrogen-bond acceptors (Lipinski definition) is 3. The first kappa shape index (κ1) is 9.84. The molecule has 14 heavy (non-hydrogen) atoms. The molecule has 0 spiro atoms.